The summed E-state index contributed by atoms with van der Waals surface area (Å²) in [6.45, 7) is 2.34. The van der Waals surface area contributed by atoms with E-state index in [2.05, 4.69) is 26.6 Å². The van der Waals surface area contributed by atoms with Crippen molar-refractivity contribution in [2.24, 2.45) is 0 Å². The van der Waals surface area contributed by atoms with Crippen LogP contribution in [0.2, 0.25) is 0 Å². The molecule has 0 saturated carbocycles. The minimum atomic E-state index is -0.219. The van der Waals surface area contributed by atoms with Crippen molar-refractivity contribution >= 4 is 21.8 Å². The summed E-state index contributed by atoms with van der Waals surface area (Å²) in [5, 5.41) is 5.60. The molecule has 0 saturated heterocycles. The predicted molar refractivity (Wildman–Crippen MR) is 56.8 cm³/mol. The van der Waals surface area contributed by atoms with E-state index in [1.807, 2.05) is 12.1 Å². The van der Waals surface area contributed by atoms with Gasteiger partial charge in [-0.05, 0) is 35.0 Å². The van der Waals surface area contributed by atoms with Crippen molar-refractivity contribution in [2.45, 2.75) is 19.5 Å². The van der Waals surface area contributed by atoms with Crippen LogP contribution in [0.5, 0.6) is 0 Å². The van der Waals surface area contributed by atoms with E-state index < -0.39 is 0 Å². The van der Waals surface area contributed by atoms with Crippen LogP contribution in [0.4, 0.5) is 0 Å². The number of likely N-dealkylation sites (N-methyl/N-ethyl adjacent to an activating group) is 1. The Hall–Kier alpha value is -0.810. The Balaban J connectivity index is 2.37. The molecule has 4 nitrogen and oxygen atoms in total. The number of halogens is 1. The van der Waals surface area contributed by atoms with Crippen molar-refractivity contribution < 1.29 is 9.21 Å². The van der Waals surface area contributed by atoms with Gasteiger partial charge in [0.25, 0.3) is 0 Å². The Morgan fingerprint density at radius 2 is 2.36 bits per heavy atom. The van der Waals surface area contributed by atoms with Crippen molar-refractivity contribution in [1.29, 1.82) is 0 Å². The fourth-order valence-corrected chi connectivity index (χ4v) is 1.35. The second-order valence-corrected chi connectivity index (χ2v) is 3.70. The monoisotopic (exact) mass is 260 g/mol. The molecule has 1 amide bonds. The third-order valence-corrected chi connectivity index (χ3v) is 2.28. The minimum absolute atomic E-state index is 0.0318. The molecule has 2 N–H and O–H groups in total. The molecule has 0 aliphatic heterocycles. The SMILES string of the molecule is CNC(=O)C(C)NCc1ccc(Br)o1. The van der Waals surface area contributed by atoms with Gasteiger partial charge in [-0.3, -0.25) is 10.1 Å². The molecule has 1 aromatic rings. The van der Waals surface area contributed by atoms with Gasteiger partial charge in [0.2, 0.25) is 5.91 Å². The topological polar surface area (TPSA) is 54.3 Å². The maximum Gasteiger partial charge on any atom is 0.236 e. The molecule has 0 fully saturated rings. The van der Waals surface area contributed by atoms with Gasteiger partial charge in [0, 0.05) is 7.05 Å². The van der Waals surface area contributed by atoms with Gasteiger partial charge >= 0.3 is 0 Å². The molecule has 1 aromatic heterocycles. The van der Waals surface area contributed by atoms with E-state index in [0.717, 1.165) is 5.76 Å². The molecule has 0 aromatic carbocycles. The molecule has 0 aliphatic carbocycles. The first kappa shape index (κ1) is 11.3. The van der Waals surface area contributed by atoms with Crippen molar-refractivity contribution in [3.63, 3.8) is 0 Å². The van der Waals surface area contributed by atoms with E-state index in [-0.39, 0.29) is 11.9 Å². The van der Waals surface area contributed by atoms with Crippen LogP contribution in [-0.4, -0.2) is 19.0 Å². The normalized spacial score (nSPS) is 12.5. The fourth-order valence-electron chi connectivity index (χ4n) is 1.01. The molecule has 1 unspecified atom stereocenters. The van der Waals surface area contributed by atoms with Gasteiger partial charge in [0.05, 0.1) is 12.6 Å². The van der Waals surface area contributed by atoms with Crippen molar-refractivity contribution in [3.8, 4) is 0 Å². The average Bonchev–Trinajstić information content (AvgIpc) is 2.59. The number of hydrogen-bond donors (Lipinski definition) is 2. The van der Waals surface area contributed by atoms with Crippen LogP contribution >= 0.6 is 15.9 Å². The lowest BCUT2D eigenvalue weighted by Gasteiger charge is -2.10. The van der Waals surface area contributed by atoms with Crippen molar-refractivity contribution in [2.75, 3.05) is 7.05 Å². The minimum Gasteiger partial charge on any atom is -0.453 e. The number of amides is 1. The summed E-state index contributed by atoms with van der Waals surface area (Å²) in [5.41, 5.74) is 0. The third kappa shape index (κ3) is 3.16. The van der Waals surface area contributed by atoms with Crippen LogP contribution in [0.3, 0.4) is 0 Å². The van der Waals surface area contributed by atoms with Gasteiger partial charge in [0.15, 0.2) is 4.67 Å². The summed E-state index contributed by atoms with van der Waals surface area (Å²) < 4.78 is 5.97. The second-order valence-electron chi connectivity index (χ2n) is 2.92. The summed E-state index contributed by atoms with van der Waals surface area (Å²) in [4.78, 5) is 11.1. The Morgan fingerprint density at radius 3 is 2.86 bits per heavy atom. The van der Waals surface area contributed by atoms with E-state index >= 15 is 0 Å². The van der Waals surface area contributed by atoms with Crippen LogP contribution in [0.25, 0.3) is 0 Å². The largest absolute Gasteiger partial charge is 0.453 e. The zero-order valence-electron chi connectivity index (χ0n) is 8.13. The first-order chi connectivity index (χ1) is 6.63. The van der Waals surface area contributed by atoms with Crippen molar-refractivity contribution in [1.82, 2.24) is 10.6 Å². The Labute approximate surface area is 91.2 Å². The zero-order chi connectivity index (χ0) is 10.6. The quantitative estimate of drug-likeness (QED) is 0.858. The highest BCUT2D eigenvalue weighted by molar-refractivity contribution is 9.10. The number of carbonyl (C=O) groups is 1. The molecule has 14 heavy (non-hydrogen) atoms. The molecule has 0 aliphatic rings. The van der Waals surface area contributed by atoms with Crippen LogP contribution in [0.15, 0.2) is 21.2 Å². The van der Waals surface area contributed by atoms with Gasteiger partial charge in [-0.15, -0.1) is 0 Å². The Kier molecular flexibility index (Phi) is 4.16. The Bertz CT molecular complexity index is 312. The standard InChI is InChI=1S/C9H13BrN2O2/c1-6(9(13)11-2)12-5-7-3-4-8(10)14-7/h3-4,6,12H,5H2,1-2H3,(H,11,13). The predicted octanol–water partition coefficient (Wildman–Crippen LogP) is 1.27. The van der Waals surface area contributed by atoms with E-state index in [4.69, 9.17) is 4.42 Å². The molecule has 1 atom stereocenters. The average molecular weight is 261 g/mol. The molecule has 1 heterocycles. The summed E-state index contributed by atoms with van der Waals surface area (Å²) >= 11 is 3.21. The lowest BCUT2D eigenvalue weighted by Crippen LogP contribution is -2.40. The second kappa shape index (κ2) is 5.17. The van der Waals surface area contributed by atoms with Gasteiger partial charge in [-0.2, -0.15) is 0 Å². The maximum absolute atomic E-state index is 11.1. The number of furan rings is 1. The van der Waals surface area contributed by atoms with Gasteiger partial charge in [-0.1, -0.05) is 0 Å². The van der Waals surface area contributed by atoms with Crippen LogP contribution < -0.4 is 10.6 Å². The molecule has 0 spiro atoms. The zero-order valence-corrected chi connectivity index (χ0v) is 9.72. The van der Waals surface area contributed by atoms with Crippen LogP contribution in [0, 0.1) is 0 Å². The lowest BCUT2D eigenvalue weighted by molar-refractivity contribution is -0.122. The summed E-state index contributed by atoms with van der Waals surface area (Å²) in [5.74, 6) is 0.767. The van der Waals surface area contributed by atoms with Gasteiger partial charge in [-0.25, -0.2) is 0 Å². The van der Waals surface area contributed by atoms with Gasteiger partial charge < -0.3 is 9.73 Å². The smallest absolute Gasteiger partial charge is 0.236 e. The lowest BCUT2D eigenvalue weighted by atomic mass is 10.3. The molecule has 0 bridgehead atoms. The highest BCUT2D eigenvalue weighted by atomic mass is 79.9. The third-order valence-electron chi connectivity index (χ3n) is 1.85. The number of nitrogens with one attached hydrogen (secondary N) is 2. The summed E-state index contributed by atoms with van der Waals surface area (Å²) in [7, 11) is 1.62. The molecule has 5 heteroatoms. The Morgan fingerprint density at radius 1 is 1.64 bits per heavy atom. The summed E-state index contributed by atoms with van der Waals surface area (Å²) in [6.07, 6.45) is 0. The molecule has 0 radical (unpaired) electrons. The van der Waals surface area contributed by atoms with Gasteiger partial charge in [0.1, 0.15) is 5.76 Å². The van der Waals surface area contributed by atoms with E-state index in [1.54, 1.807) is 14.0 Å². The van der Waals surface area contributed by atoms with Crippen LogP contribution in [-0.2, 0) is 11.3 Å². The number of hydrogen-bond acceptors (Lipinski definition) is 3. The van der Waals surface area contributed by atoms with E-state index in [1.165, 1.54) is 0 Å². The fraction of sp³-hybridized carbons (Fsp3) is 0.444. The number of rotatable bonds is 4. The molecule has 1 rings (SSSR count). The molecular formula is C9H13BrN2O2. The van der Waals surface area contributed by atoms with Crippen molar-refractivity contribution in [3.05, 3.63) is 22.6 Å². The first-order valence-electron chi connectivity index (χ1n) is 4.32. The number of carbonyl (C=O) groups excluding carboxylic acids is 1. The highest BCUT2D eigenvalue weighted by Crippen LogP contribution is 2.13. The van der Waals surface area contributed by atoms with E-state index in [0.29, 0.717) is 11.2 Å². The van der Waals surface area contributed by atoms with E-state index in [9.17, 15) is 4.79 Å². The highest BCUT2D eigenvalue weighted by Gasteiger charge is 2.10. The van der Waals surface area contributed by atoms with Crippen LogP contribution in [0.1, 0.15) is 12.7 Å². The maximum atomic E-state index is 11.1. The molecule has 78 valence electrons. The summed E-state index contributed by atoms with van der Waals surface area (Å²) in [6, 6.07) is 3.46. The first-order valence-corrected chi connectivity index (χ1v) is 5.12. The molecular weight excluding hydrogens is 248 g/mol.